The van der Waals surface area contributed by atoms with Crippen molar-refractivity contribution >= 4 is 11.8 Å². The Balaban J connectivity index is 1.74. The number of nitrogens with zero attached hydrogens (tertiary/aromatic N) is 1. The molecule has 0 bridgehead atoms. The lowest BCUT2D eigenvalue weighted by atomic mass is 9.94. The highest BCUT2D eigenvalue weighted by Crippen LogP contribution is 2.31. The molecular formula is C19H27N3O2. The van der Waals surface area contributed by atoms with Gasteiger partial charge in [-0.3, -0.25) is 9.59 Å². The number of hydrogen-bond acceptors (Lipinski definition) is 3. The third kappa shape index (κ3) is 3.18. The molecule has 5 nitrogen and oxygen atoms in total. The summed E-state index contributed by atoms with van der Waals surface area (Å²) in [7, 11) is 0. The highest BCUT2D eigenvalue weighted by Gasteiger charge is 2.46. The van der Waals surface area contributed by atoms with Crippen LogP contribution < -0.4 is 10.6 Å². The van der Waals surface area contributed by atoms with E-state index in [0.29, 0.717) is 18.5 Å². The summed E-state index contributed by atoms with van der Waals surface area (Å²) >= 11 is 0. The molecule has 2 aliphatic heterocycles. The number of benzene rings is 1. The van der Waals surface area contributed by atoms with Crippen molar-refractivity contribution in [1.82, 2.24) is 15.5 Å². The molecule has 5 heteroatoms. The van der Waals surface area contributed by atoms with Crippen LogP contribution in [0.15, 0.2) is 30.3 Å². The van der Waals surface area contributed by atoms with Crippen LogP contribution in [0.5, 0.6) is 0 Å². The quantitative estimate of drug-likeness (QED) is 0.891. The third-order valence-corrected chi connectivity index (χ3v) is 5.47. The SMILES string of the molecule is CC1NCCCC1NC(=O)C1(C)CCCN1C(=O)c1ccccc1. The van der Waals surface area contributed by atoms with E-state index >= 15 is 0 Å². The maximum absolute atomic E-state index is 13.0. The van der Waals surface area contributed by atoms with Crippen molar-refractivity contribution in [2.24, 2.45) is 0 Å². The van der Waals surface area contributed by atoms with Crippen molar-refractivity contribution in [2.75, 3.05) is 13.1 Å². The highest BCUT2D eigenvalue weighted by molar-refractivity contribution is 5.99. The molecule has 3 rings (SSSR count). The fourth-order valence-corrected chi connectivity index (χ4v) is 3.83. The molecule has 0 saturated carbocycles. The standard InChI is InChI=1S/C19H27N3O2/c1-14-16(10-6-12-20-14)21-18(24)19(2)11-7-13-22(19)17(23)15-8-4-3-5-9-15/h3-5,8-9,14,16,20H,6-7,10-13H2,1-2H3,(H,21,24). The number of carbonyl (C=O) groups is 2. The van der Waals surface area contributed by atoms with Crippen LogP contribution in [0.3, 0.4) is 0 Å². The molecule has 0 spiro atoms. The zero-order chi connectivity index (χ0) is 17.2. The molecule has 3 atom stereocenters. The lowest BCUT2D eigenvalue weighted by Crippen LogP contribution is -2.60. The van der Waals surface area contributed by atoms with Crippen LogP contribution in [-0.2, 0) is 4.79 Å². The molecule has 3 unspecified atom stereocenters. The van der Waals surface area contributed by atoms with E-state index in [1.54, 1.807) is 4.90 Å². The summed E-state index contributed by atoms with van der Waals surface area (Å²) in [5.41, 5.74) is -0.115. The number of hydrogen-bond donors (Lipinski definition) is 2. The minimum absolute atomic E-state index is 0.0233. The summed E-state index contributed by atoms with van der Waals surface area (Å²) in [6.07, 6.45) is 3.63. The van der Waals surface area contributed by atoms with Crippen LogP contribution in [0.1, 0.15) is 49.9 Å². The van der Waals surface area contributed by atoms with E-state index in [0.717, 1.165) is 25.8 Å². The lowest BCUT2D eigenvalue weighted by molar-refractivity contribution is -0.131. The van der Waals surface area contributed by atoms with Crippen LogP contribution in [0, 0.1) is 0 Å². The van der Waals surface area contributed by atoms with E-state index in [1.807, 2.05) is 37.3 Å². The van der Waals surface area contributed by atoms with E-state index in [-0.39, 0.29) is 23.9 Å². The summed E-state index contributed by atoms with van der Waals surface area (Å²) in [6, 6.07) is 9.64. The average molecular weight is 329 g/mol. The van der Waals surface area contributed by atoms with E-state index in [9.17, 15) is 9.59 Å². The van der Waals surface area contributed by atoms with Gasteiger partial charge in [0.2, 0.25) is 5.91 Å². The van der Waals surface area contributed by atoms with Gasteiger partial charge in [-0.25, -0.2) is 0 Å². The number of piperidine rings is 1. The second-order valence-corrected chi connectivity index (χ2v) is 7.17. The molecule has 1 aromatic carbocycles. The van der Waals surface area contributed by atoms with Gasteiger partial charge >= 0.3 is 0 Å². The van der Waals surface area contributed by atoms with Gasteiger partial charge in [-0.05, 0) is 58.2 Å². The molecule has 0 aliphatic carbocycles. The van der Waals surface area contributed by atoms with Gasteiger partial charge in [-0.2, -0.15) is 0 Å². The van der Waals surface area contributed by atoms with Gasteiger partial charge in [-0.1, -0.05) is 18.2 Å². The van der Waals surface area contributed by atoms with Gasteiger partial charge in [-0.15, -0.1) is 0 Å². The monoisotopic (exact) mass is 329 g/mol. The second kappa shape index (κ2) is 6.93. The maximum atomic E-state index is 13.0. The predicted molar refractivity (Wildman–Crippen MR) is 93.7 cm³/mol. The Labute approximate surface area is 143 Å². The molecule has 2 amide bonds. The van der Waals surface area contributed by atoms with Crippen LogP contribution >= 0.6 is 0 Å². The molecular weight excluding hydrogens is 302 g/mol. The van der Waals surface area contributed by atoms with E-state index in [4.69, 9.17) is 0 Å². The summed E-state index contributed by atoms with van der Waals surface area (Å²) in [6.45, 7) is 5.64. The van der Waals surface area contributed by atoms with Crippen molar-refractivity contribution < 1.29 is 9.59 Å². The fourth-order valence-electron chi connectivity index (χ4n) is 3.83. The van der Waals surface area contributed by atoms with E-state index in [1.165, 1.54) is 0 Å². The largest absolute Gasteiger partial charge is 0.350 e. The van der Waals surface area contributed by atoms with E-state index < -0.39 is 5.54 Å². The summed E-state index contributed by atoms with van der Waals surface area (Å²) in [4.78, 5) is 27.6. The average Bonchev–Trinajstić information content (AvgIpc) is 3.00. The fraction of sp³-hybridized carbons (Fsp3) is 0.579. The first kappa shape index (κ1) is 17.0. The van der Waals surface area contributed by atoms with Gasteiger partial charge in [0.1, 0.15) is 5.54 Å². The molecule has 24 heavy (non-hydrogen) atoms. The maximum Gasteiger partial charge on any atom is 0.254 e. The molecule has 0 aromatic heterocycles. The molecule has 2 aliphatic rings. The molecule has 130 valence electrons. The van der Waals surface area contributed by atoms with Crippen LogP contribution in [0.4, 0.5) is 0 Å². The molecule has 1 aromatic rings. The summed E-state index contributed by atoms with van der Waals surface area (Å²) < 4.78 is 0. The number of rotatable bonds is 3. The van der Waals surface area contributed by atoms with Crippen molar-refractivity contribution in [3.63, 3.8) is 0 Å². The third-order valence-electron chi connectivity index (χ3n) is 5.47. The minimum atomic E-state index is -0.760. The number of carbonyl (C=O) groups excluding carboxylic acids is 2. The Morgan fingerprint density at radius 2 is 2.00 bits per heavy atom. The first-order valence-corrected chi connectivity index (χ1v) is 8.94. The van der Waals surface area contributed by atoms with Gasteiger partial charge in [0.05, 0.1) is 0 Å². The molecule has 2 fully saturated rings. The molecule has 0 radical (unpaired) electrons. The summed E-state index contributed by atoms with van der Waals surface area (Å²) in [5.74, 6) is -0.0783. The van der Waals surface area contributed by atoms with Gasteiger partial charge < -0.3 is 15.5 Å². The zero-order valence-corrected chi connectivity index (χ0v) is 14.5. The van der Waals surface area contributed by atoms with E-state index in [2.05, 4.69) is 17.6 Å². The Kier molecular flexibility index (Phi) is 4.90. The van der Waals surface area contributed by atoms with Crippen molar-refractivity contribution in [1.29, 1.82) is 0 Å². The lowest BCUT2D eigenvalue weighted by Gasteiger charge is -2.37. The van der Waals surface area contributed by atoms with Crippen LogP contribution in [0.25, 0.3) is 0 Å². The number of amides is 2. The van der Waals surface area contributed by atoms with Crippen LogP contribution in [0.2, 0.25) is 0 Å². The van der Waals surface area contributed by atoms with Crippen molar-refractivity contribution in [3.8, 4) is 0 Å². The van der Waals surface area contributed by atoms with Crippen molar-refractivity contribution in [2.45, 2.75) is 57.2 Å². The Morgan fingerprint density at radius 3 is 2.71 bits per heavy atom. The smallest absolute Gasteiger partial charge is 0.254 e. The zero-order valence-electron chi connectivity index (χ0n) is 14.5. The van der Waals surface area contributed by atoms with Crippen LogP contribution in [-0.4, -0.2) is 47.4 Å². The highest BCUT2D eigenvalue weighted by atomic mass is 16.2. The Hall–Kier alpha value is -1.88. The van der Waals surface area contributed by atoms with Gasteiger partial charge in [0.25, 0.3) is 5.91 Å². The number of nitrogens with one attached hydrogen (secondary N) is 2. The molecule has 2 heterocycles. The minimum Gasteiger partial charge on any atom is -0.350 e. The van der Waals surface area contributed by atoms with Gasteiger partial charge in [0.15, 0.2) is 0 Å². The normalized spacial score (nSPS) is 30.2. The second-order valence-electron chi connectivity index (χ2n) is 7.17. The van der Waals surface area contributed by atoms with Crippen molar-refractivity contribution in [3.05, 3.63) is 35.9 Å². The Morgan fingerprint density at radius 1 is 1.25 bits per heavy atom. The first-order valence-electron chi connectivity index (χ1n) is 8.94. The molecule has 2 N–H and O–H groups in total. The first-order chi connectivity index (χ1) is 11.5. The number of likely N-dealkylation sites (tertiary alicyclic amines) is 1. The van der Waals surface area contributed by atoms with Gasteiger partial charge in [0, 0.05) is 24.2 Å². The topological polar surface area (TPSA) is 61.4 Å². The Bertz CT molecular complexity index is 604. The summed E-state index contributed by atoms with van der Waals surface area (Å²) in [5, 5.41) is 6.60. The molecule has 2 saturated heterocycles. The predicted octanol–water partition coefficient (Wildman–Crippen LogP) is 1.94.